The van der Waals surface area contributed by atoms with Crippen molar-refractivity contribution in [3.8, 4) is 0 Å². The minimum atomic E-state index is 0.306. The molecule has 2 heterocycles. The number of aromatic nitrogens is 1. The molecule has 0 bridgehead atoms. The van der Waals surface area contributed by atoms with Gasteiger partial charge < -0.3 is 9.88 Å². The van der Waals surface area contributed by atoms with Gasteiger partial charge in [-0.05, 0) is 61.3 Å². The third-order valence-corrected chi connectivity index (χ3v) is 6.38. The molecule has 2 aromatic rings. The van der Waals surface area contributed by atoms with Gasteiger partial charge in [0.05, 0.1) is 0 Å². The van der Waals surface area contributed by atoms with E-state index in [4.69, 9.17) is 11.6 Å². The predicted molar refractivity (Wildman–Crippen MR) is 103 cm³/mol. The average Bonchev–Trinajstić information content (AvgIpc) is 3.30. The summed E-state index contributed by atoms with van der Waals surface area (Å²) in [7, 11) is 0. The molecule has 1 unspecified atom stereocenters. The van der Waals surface area contributed by atoms with E-state index in [0.29, 0.717) is 24.2 Å². The molecule has 4 rings (SSSR count). The van der Waals surface area contributed by atoms with E-state index in [-0.39, 0.29) is 0 Å². The fraction of sp³-hybridized carbons (Fsp3) is 0.571. The molecule has 0 radical (unpaired) electrons. The highest BCUT2D eigenvalue weighted by atomic mass is 35.5. The lowest BCUT2D eigenvalue weighted by Gasteiger charge is -2.31. The lowest BCUT2D eigenvalue weighted by Crippen LogP contribution is -2.31. The van der Waals surface area contributed by atoms with Gasteiger partial charge in [-0.3, -0.25) is 4.79 Å². The Morgan fingerprint density at radius 2 is 1.92 bits per heavy atom. The normalized spacial score (nSPS) is 20.3. The van der Waals surface area contributed by atoms with E-state index in [1.54, 1.807) is 0 Å². The SMILES string of the molecule is O=C(CC(c1c[nH]c2ccc(Cl)cc12)C1CCCCC1)N1CCCC1. The summed E-state index contributed by atoms with van der Waals surface area (Å²) in [5.41, 5.74) is 2.41. The van der Waals surface area contributed by atoms with Crippen LogP contribution in [0.1, 0.15) is 62.8 Å². The second-order valence-corrected chi connectivity index (χ2v) is 8.17. The number of nitrogens with one attached hydrogen (secondary N) is 1. The highest BCUT2D eigenvalue weighted by Crippen LogP contribution is 2.41. The summed E-state index contributed by atoms with van der Waals surface area (Å²) in [5, 5.41) is 1.96. The van der Waals surface area contributed by atoms with Crippen LogP contribution in [-0.4, -0.2) is 28.9 Å². The minimum absolute atomic E-state index is 0.306. The van der Waals surface area contributed by atoms with Crippen LogP contribution in [-0.2, 0) is 4.79 Å². The van der Waals surface area contributed by atoms with Crippen LogP contribution < -0.4 is 0 Å². The lowest BCUT2D eigenvalue weighted by molar-refractivity contribution is -0.130. The maximum Gasteiger partial charge on any atom is 0.223 e. The molecular formula is C21H27ClN2O. The largest absolute Gasteiger partial charge is 0.361 e. The number of rotatable bonds is 4. The second-order valence-electron chi connectivity index (χ2n) is 7.73. The third kappa shape index (κ3) is 3.57. The summed E-state index contributed by atoms with van der Waals surface area (Å²) in [5.74, 6) is 1.25. The topological polar surface area (TPSA) is 36.1 Å². The average molecular weight is 359 g/mol. The highest BCUT2D eigenvalue weighted by molar-refractivity contribution is 6.31. The van der Waals surface area contributed by atoms with E-state index in [1.165, 1.54) is 43.1 Å². The Labute approximate surface area is 154 Å². The maximum absolute atomic E-state index is 12.9. The van der Waals surface area contributed by atoms with Gasteiger partial charge in [-0.1, -0.05) is 30.9 Å². The molecule has 0 spiro atoms. The molecule has 4 heteroatoms. The predicted octanol–water partition coefficient (Wildman–Crippen LogP) is 5.50. The number of carbonyl (C=O) groups excluding carboxylic acids is 1. The summed E-state index contributed by atoms with van der Waals surface area (Å²) < 4.78 is 0. The van der Waals surface area contributed by atoms with Gasteiger partial charge in [0.25, 0.3) is 0 Å². The van der Waals surface area contributed by atoms with Crippen molar-refractivity contribution in [2.24, 2.45) is 5.92 Å². The molecule has 1 saturated heterocycles. The van der Waals surface area contributed by atoms with E-state index in [0.717, 1.165) is 36.5 Å². The number of carbonyl (C=O) groups is 1. The van der Waals surface area contributed by atoms with Crippen molar-refractivity contribution in [3.63, 3.8) is 0 Å². The number of halogens is 1. The molecule has 3 nitrogen and oxygen atoms in total. The van der Waals surface area contributed by atoms with Crippen LogP contribution >= 0.6 is 11.6 Å². The molecule has 1 saturated carbocycles. The number of nitrogens with zero attached hydrogens (tertiary/aromatic N) is 1. The van der Waals surface area contributed by atoms with Crippen LogP contribution in [0.5, 0.6) is 0 Å². The number of hydrogen-bond donors (Lipinski definition) is 1. The van der Waals surface area contributed by atoms with Crippen LogP contribution in [0.3, 0.4) is 0 Å². The van der Waals surface area contributed by atoms with Crippen molar-refractivity contribution >= 4 is 28.4 Å². The highest BCUT2D eigenvalue weighted by Gasteiger charge is 2.31. The summed E-state index contributed by atoms with van der Waals surface area (Å²) >= 11 is 6.26. The van der Waals surface area contributed by atoms with Crippen molar-refractivity contribution in [2.75, 3.05) is 13.1 Å². The zero-order valence-electron chi connectivity index (χ0n) is 14.8. The number of aromatic amines is 1. The van der Waals surface area contributed by atoms with Crippen molar-refractivity contribution in [1.82, 2.24) is 9.88 Å². The third-order valence-electron chi connectivity index (χ3n) is 6.15. The van der Waals surface area contributed by atoms with E-state index in [1.807, 2.05) is 12.1 Å². The number of benzene rings is 1. The molecule has 1 amide bonds. The fourth-order valence-corrected chi connectivity index (χ4v) is 4.94. The summed E-state index contributed by atoms with van der Waals surface area (Å²) in [6, 6.07) is 6.02. The van der Waals surface area contributed by atoms with E-state index < -0.39 is 0 Å². The first kappa shape index (κ1) is 17.0. The quantitative estimate of drug-likeness (QED) is 0.769. The fourth-order valence-electron chi connectivity index (χ4n) is 4.77. The van der Waals surface area contributed by atoms with Crippen molar-refractivity contribution in [3.05, 3.63) is 35.0 Å². The minimum Gasteiger partial charge on any atom is -0.361 e. The van der Waals surface area contributed by atoms with Crippen molar-refractivity contribution < 1.29 is 4.79 Å². The Balaban J connectivity index is 1.65. The van der Waals surface area contributed by atoms with Crippen molar-refractivity contribution in [2.45, 2.75) is 57.3 Å². The molecule has 1 aliphatic heterocycles. The van der Waals surface area contributed by atoms with Gasteiger partial charge in [0.15, 0.2) is 0 Å². The molecule has 1 atom stereocenters. The van der Waals surface area contributed by atoms with Gasteiger partial charge in [-0.2, -0.15) is 0 Å². The molecule has 134 valence electrons. The maximum atomic E-state index is 12.9. The van der Waals surface area contributed by atoms with Crippen LogP contribution in [0.2, 0.25) is 5.02 Å². The molecule has 1 aliphatic carbocycles. The summed E-state index contributed by atoms with van der Waals surface area (Å²) in [6.45, 7) is 1.88. The Morgan fingerprint density at radius 3 is 2.68 bits per heavy atom. The molecule has 2 aliphatic rings. The van der Waals surface area contributed by atoms with Gasteiger partial charge in [-0.15, -0.1) is 0 Å². The van der Waals surface area contributed by atoms with Crippen LogP contribution in [0, 0.1) is 5.92 Å². The zero-order valence-corrected chi connectivity index (χ0v) is 15.5. The van der Waals surface area contributed by atoms with Gasteiger partial charge >= 0.3 is 0 Å². The molecule has 1 aromatic carbocycles. The van der Waals surface area contributed by atoms with Crippen LogP contribution in [0.4, 0.5) is 0 Å². The molecule has 25 heavy (non-hydrogen) atoms. The van der Waals surface area contributed by atoms with Crippen LogP contribution in [0.25, 0.3) is 10.9 Å². The smallest absolute Gasteiger partial charge is 0.223 e. The summed E-state index contributed by atoms with van der Waals surface area (Å²) in [6.07, 6.45) is 11.5. The number of hydrogen-bond acceptors (Lipinski definition) is 1. The Morgan fingerprint density at radius 1 is 1.16 bits per heavy atom. The molecular weight excluding hydrogens is 332 g/mol. The van der Waals surface area contributed by atoms with Crippen molar-refractivity contribution in [1.29, 1.82) is 0 Å². The first-order chi connectivity index (χ1) is 12.2. The number of amides is 1. The Kier molecular flexibility index (Phi) is 5.03. The van der Waals surface area contributed by atoms with Gasteiger partial charge in [0.2, 0.25) is 5.91 Å². The molecule has 2 fully saturated rings. The molecule has 1 N–H and O–H groups in total. The lowest BCUT2D eigenvalue weighted by atomic mass is 9.75. The standard InChI is InChI=1S/C21H27ClN2O/c22-16-8-9-20-18(12-16)19(14-23-20)17(15-6-2-1-3-7-15)13-21(25)24-10-4-5-11-24/h8-9,12,14-15,17,23H,1-7,10-11,13H2. The zero-order chi connectivity index (χ0) is 17.2. The van der Waals surface area contributed by atoms with E-state index in [2.05, 4.69) is 22.1 Å². The Hall–Kier alpha value is -1.48. The first-order valence-corrected chi connectivity index (χ1v) is 10.1. The van der Waals surface area contributed by atoms with Gasteiger partial charge in [0.1, 0.15) is 0 Å². The second kappa shape index (κ2) is 7.41. The number of likely N-dealkylation sites (tertiary alicyclic amines) is 1. The van der Waals surface area contributed by atoms with E-state index >= 15 is 0 Å². The summed E-state index contributed by atoms with van der Waals surface area (Å²) in [4.78, 5) is 18.3. The van der Waals surface area contributed by atoms with Crippen LogP contribution in [0.15, 0.2) is 24.4 Å². The first-order valence-electron chi connectivity index (χ1n) is 9.76. The van der Waals surface area contributed by atoms with Gasteiger partial charge in [-0.25, -0.2) is 0 Å². The van der Waals surface area contributed by atoms with Gasteiger partial charge in [0, 0.05) is 41.6 Å². The Bertz CT molecular complexity index is 741. The monoisotopic (exact) mass is 358 g/mol. The van der Waals surface area contributed by atoms with E-state index in [9.17, 15) is 4.79 Å². The number of fused-ring (bicyclic) bond motifs is 1. The molecule has 1 aromatic heterocycles. The number of H-pyrrole nitrogens is 1.